The highest BCUT2D eigenvalue weighted by Gasteiger charge is 2.06. The molecule has 2 aromatic heterocycles. The fourth-order valence-corrected chi connectivity index (χ4v) is 2.05. The summed E-state index contributed by atoms with van der Waals surface area (Å²) in [7, 11) is 0. The van der Waals surface area contributed by atoms with Crippen LogP contribution in [0.1, 0.15) is 17.7 Å². The van der Waals surface area contributed by atoms with Crippen LogP contribution in [0, 0.1) is 11.8 Å². The molecule has 0 atom stereocenters. The van der Waals surface area contributed by atoms with Crippen molar-refractivity contribution in [1.82, 2.24) is 19.7 Å². The molecule has 0 unspecified atom stereocenters. The second kappa shape index (κ2) is 7.37. The highest BCUT2D eigenvalue weighted by molar-refractivity contribution is 7.16. The number of aromatic nitrogens is 4. The number of aliphatic hydroxyl groups is 1. The Kier molecular flexibility index (Phi) is 5.23. The van der Waals surface area contributed by atoms with E-state index in [9.17, 15) is 4.79 Å². The molecule has 2 aromatic rings. The van der Waals surface area contributed by atoms with Crippen LogP contribution >= 0.6 is 11.3 Å². The van der Waals surface area contributed by atoms with Gasteiger partial charge in [-0.1, -0.05) is 23.2 Å². The highest BCUT2D eigenvalue weighted by atomic mass is 32.1. The van der Waals surface area contributed by atoms with Crippen molar-refractivity contribution >= 4 is 22.4 Å². The zero-order valence-corrected chi connectivity index (χ0v) is 11.4. The monoisotopic (exact) mass is 291 g/mol. The van der Waals surface area contributed by atoms with Crippen LogP contribution in [-0.2, 0) is 11.3 Å². The number of hydrogen-bond acceptors (Lipinski definition) is 6. The summed E-state index contributed by atoms with van der Waals surface area (Å²) in [4.78, 5) is 20.3. The fraction of sp³-hybridized carbons (Fsp3) is 0.333. The maximum atomic E-state index is 11.7. The van der Waals surface area contributed by atoms with Gasteiger partial charge in [-0.05, 0) is 0 Å². The van der Waals surface area contributed by atoms with Crippen LogP contribution in [0.3, 0.4) is 0 Å². The Bertz CT molecular complexity index is 611. The van der Waals surface area contributed by atoms with Gasteiger partial charge in [0.15, 0.2) is 5.13 Å². The van der Waals surface area contributed by atoms with Crippen LogP contribution in [0.2, 0.25) is 0 Å². The number of carbonyl (C=O) groups is 1. The summed E-state index contributed by atoms with van der Waals surface area (Å²) < 4.78 is 1.59. The number of carbonyl (C=O) groups excluding carboxylic acids is 1. The van der Waals surface area contributed by atoms with Gasteiger partial charge in [-0.15, -0.1) is 0 Å². The average Bonchev–Trinajstić information content (AvgIpc) is 3.08. The fourth-order valence-electron chi connectivity index (χ4n) is 1.34. The van der Waals surface area contributed by atoms with Crippen LogP contribution in [-0.4, -0.2) is 37.4 Å². The zero-order chi connectivity index (χ0) is 14.2. The van der Waals surface area contributed by atoms with Crippen molar-refractivity contribution in [3.63, 3.8) is 0 Å². The van der Waals surface area contributed by atoms with Gasteiger partial charge in [0.1, 0.15) is 12.7 Å². The molecule has 1 amide bonds. The molecule has 0 aliphatic heterocycles. The molecule has 0 fully saturated rings. The van der Waals surface area contributed by atoms with Gasteiger partial charge in [-0.2, -0.15) is 5.10 Å². The molecule has 0 saturated heterocycles. The lowest BCUT2D eigenvalue weighted by molar-refractivity contribution is -0.116. The first-order valence-electron chi connectivity index (χ1n) is 5.96. The first-order chi connectivity index (χ1) is 9.78. The van der Waals surface area contributed by atoms with Gasteiger partial charge in [0.25, 0.3) is 0 Å². The van der Waals surface area contributed by atoms with Crippen LogP contribution in [0.4, 0.5) is 5.13 Å². The van der Waals surface area contributed by atoms with Crippen LogP contribution in [0.15, 0.2) is 18.9 Å². The molecule has 0 bridgehead atoms. The summed E-state index contributed by atoms with van der Waals surface area (Å²) in [5, 5.41) is 15.8. The number of aryl methyl sites for hydroxylation is 1. The molecule has 0 aromatic carbocycles. The number of anilines is 1. The van der Waals surface area contributed by atoms with Gasteiger partial charge in [0.05, 0.1) is 24.2 Å². The van der Waals surface area contributed by atoms with Gasteiger partial charge in [0.2, 0.25) is 5.91 Å². The molecule has 0 spiro atoms. The van der Waals surface area contributed by atoms with Crippen molar-refractivity contribution in [3.05, 3.63) is 23.7 Å². The SMILES string of the molecule is O=C(CCn1cncn1)Nc1ncc(C#CCCO)s1. The van der Waals surface area contributed by atoms with E-state index in [1.54, 1.807) is 17.2 Å². The first kappa shape index (κ1) is 14.2. The second-order valence-electron chi connectivity index (χ2n) is 3.76. The Morgan fingerprint density at radius 3 is 3.20 bits per heavy atom. The summed E-state index contributed by atoms with van der Waals surface area (Å²) >= 11 is 1.30. The third-order valence-corrected chi connectivity index (χ3v) is 3.06. The lowest BCUT2D eigenvalue weighted by atomic mass is 10.4. The molecule has 7 nitrogen and oxygen atoms in total. The maximum absolute atomic E-state index is 11.7. The number of nitrogens with one attached hydrogen (secondary N) is 1. The van der Waals surface area contributed by atoms with Gasteiger partial charge in [-0.3, -0.25) is 9.48 Å². The molecule has 2 heterocycles. The first-order valence-corrected chi connectivity index (χ1v) is 6.77. The van der Waals surface area contributed by atoms with Gasteiger partial charge >= 0.3 is 0 Å². The van der Waals surface area contributed by atoms with Crippen molar-refractivity contribution in [1.29, 1.82) is 0 Å². The average molecular weight is 291 g/mol. The Hall–Kier alpha value is -2.24. The minimum atomic E-state index is -0.135. The molecule has 0 saturated carbocycles. The number of thiazole rings is 1. The molecule has 0 aliphatic carbocycles. The topological polar surface area (TPSA) is 92.9 Å². The van der Waals surface area contributed by atoms with Gasteiger partial charge in [0, 0.05) is 12.8 Å². The van der Waals surface area contributed by atoms with E-state index in [0.29, 0.717) is 24.5 Å². The normalized spacial score (nSPS) is 9.85. The van der Waals surface area contributed by atoms with E-state index in [-0.39, 0.29) is 12.5 Å². The molecule has 2 N–H and O–H groups in total. The standard InChI is InChI=1S/C12H13N5O2S/c18-6-2-1-3-10-7-14-12(20-10)16-11(19)4-5-17-9-13-8-15-17/h7-9,18H,2,4-6H2,(H,14,16,19). The van der Waals surface area contributed by atoms with E-state index in [1.165, 1.54) is 17.7 Å². The number of rotatable bonds is 5. The minimum absolute atomic E-state index is 0.0394. The number of nitrogens with zero attached hydrogens (tertiary/aromatic N) is 4. The Labute approximate surface area is 119 Å². The molecular formula is C12H13N5O2S. The molecular weight excluding hydrogens is 278 g/mol. The van der Waals surface area contributed by atoms with Crippen LogP contribution in [0.25, 0.3) is 0 Å². The predicted molar refractivity (Wildman–Crippen MR) is 74.0 cm³/mol. The molecule has 2 rings (SSSR count). The van der Waals surface area contributed by atoms with Crippen molar-refractivity contribution < 1.29 is 9.90 Å². The molecule has 0 aliphatic rings. The van der Waals surface area contributed by atoms with E-state index in [1.807, 2.05) is 0 Å². The van der Waals surface area contributed by atoms with E-state index >= 15 is 0 Å². The number of hydrogen-bond donors (Lipinski definition) is 2. The molecule has 0 radical (unpaired) electrons. The smallest absolute Gasteiger partial charge is 0.228 e. The van der Waals surface area contributed by atoms with Gasteiger partial charge < -0.3 is 10.4 Å². The third kappa shape index (κ3) is 4.46. The van der Waals surface area contributed by atoms with E-state index in [2.05, 4.69) is 32.2 Å². The summed E-state index contributed by atoms with van der Waals surface area (Å²) in [5.41, 5.74) is 0. The Morgan fingerprint density at radius 1 is 1.55 bits per heavy atom. The Balaban J connectivity index is 1.81. The predicted octanol–water partition coefficient (Wildman–Crippen LogP) is 0.497. The summed E-state index contributed by atoms with van der Waals surface area (Å²) in [6.45, 7) is 0.512. The quantitative estimate of drug-likeness (QED) is 0.782. The Morgan fingerprint density at radius 2 is 2.45 bits per heavy atom. The summed E-state index contributed by atoms with van der Waals surface area (Å²) in [6.07, 6.45) is 5.32. The largest absolute Gasteiger partial charge is 0.395 e. The van der Waals surface area contributed by atoms with Crippen molar-refractivity contribution in [2.75, 3.05) is 11.9 Å². The van der Waals surface area contributed by atoms with Gasteiger partial charge in [-0.25, -0.2) is 9.97 Å². The summed E-state index contributed by atoms with van der Waals surface area (Å²) in [6, 6.07) is 0. The van der Waals surface area contributed by atoms with E-state index in [4.69, 9.17) is 5.11 Å². The van der Waals surface area contributed by atoms with Crippen LogP contribution in [0.5, 0.6) is 0 Å². The second-order valence-corrected chi connectivity index (χ2v) is 4.79. The summed E-state index contributed by atoms with van der Waals surface area (Å²) in [5.74, 6) is 5.53. The lowest BCUT2D eigenvalue weighted by Gasteiger charge is -2.01. The van der Waals surface area contributed by atoms with E-state index < -0.39 is 0 Å². The zero-order valence-electron chi connectivity index (χ0n) is 10.6. The van der Waals surface area contributed by atoms with E-state index in [0.717, 1.165) is 4.88 Å². The minimum Gasteiger partial charge on any atom is -0.395 e. The maximum Gasteiger partial charge on any atom is 0.228 e. The number of amides is 1. The van der Waals surface area contributed by atoms with Crippen LogP contribution < -0.4 is 5.32 Å². The van der Waals surface area contributed by atoms with Crippen molar-refractivity contribution in [2.24, 2.45) is 0 Å². The molecule has 20 heavy (non-hydrogen) atoms. The van der Waals surface area contributed by atoms with Crippen molar-refractivity contribution in [3.8, 4) is 11.8 Å². The highest BCUT2D eigenvalue weighted by Crippen LogP contribution is 2.17. The molecule has 104 valence electrons. The van der Waals surface area contributed by atoms with Crippen molar-refractivity contribution in [2.45, 2.75) is 19.4 Å². The number of aliphatic hydroxyl groups excluding tert-OH is 1. The molecule has 8 heteroatoms. The third-order valence-electron chi connectivity index (χ3n) is 2.23. The lowest BCUT2D eigenvalue weighted by Crippen LogP contribution is -2.14.